The molecule has 0 aliphatic rings. The standard InChI is InChI=1S/C17H30FN3O/c1-4-21(5-2)10-6-9-19-14-15-7-8-16(18)17(13-15)20(3)11-12-22/h7-8,13,19,22H,4-6,9-12,14H2,1-3H3. The highest BCUT2D eigenvalue weighted by molar-refractivity contribution is 5.49. The van der Waals surface area contributed by atoms with Gasteiger partial charge in [0.15, 0.2) is 0 Å². The number of hydrogen-bond acceptors (Lipinski definition) is 4. The molecule has 0 amide bonds. The molecule has 0 aromatic heterocycles. The third-order valence-electron chi connectivity index (χ3n) is 3.91. The average molecular weight is 311 g/mol. The molecule has 4 nitrogen and oxygen atoms in total. The number of rotatable bonds is 11. The number of benzene rings is 1. The van der Waals surface area contributed by atoms with E-state index in [-0.39, 0.29) is 12.4 Å². The Morgan fingerprint density at radius 2 is 1.91 bits per heavy atom. The van der Waals surface area contributed by atoms with Gasteiger partial charge in [0, 0.05) is 20.1 Å². The first kappa shape index (κ1) is 18.9. The lowest BCUT2D eigenvalue weighted by Crippen LogP contribution is -2.27. The van der Waals surface area contributed by atoms with Gasteiger partial charge in [-0.1, -0.05) is 19.9 Å². The Hall–Kier alpha value is -1.17. The second-order valence-electron chi connectivity index (χ2n) is 5.49. The molecule has 5 heteroatoms. The maximum atomic E-state index is 13.8. The summed E-state index contributed by atoms with van der Waals surface area (Å²) in [6, 6.07) is 5.15. The van der Waals surface area contributed by atoms with Gasteiger partial charge in [0.05, 0.1) is 12.3 Å². The highest BCUT2D eigenvalue weighted by Gasteiger charge is 2.08. The largest absolute Gasteiger partial charge is 0.395 e. The number of likely N-dealkylation sites (N-methyl/N-ethyl adjacent to an activating group) is 1. The summed E-state index contributed by atoms with van der Waals surface area (Å²) < 4.78 is 13.8. The first-order chi connectivity index (χ1) is 10.6. The van der Waals surface area contributed by atoms with Gasteiger partial charge in [-0.2, -0.15) is 0 Å². The Morgan fingerprint density at radius 1 is 1.18 bits per heavy atom. The first-order valence-corrected chi connectivity index (χ1v) is 8.15. The summed E-state index contributed by atoms with van der Waals surface area (Å²) in [5, 5.41) is 12.4. The number of nitrogens with zero attached hydrogens (tertiary/aromatic N) is 2. The maximum Gasteiger partial charge on any atom is 0.146 e. The van der Waals surface area contributed by atoms with Crippen LogP contribution in [-0.4, -0.2) is 56.4 Å². The van der Waals surface area contributed by atoms with E-state index in [0.29, 0.717) is 12.2 Å². The van der Waals surface area contributed by atoms with Crippen LogP contribution < -0.4 is 10.2 Å². The van der Waals surface area contributed by atoms with Crippen molar-refractivity contribution in [3.8, 4) is 0 Å². The minimum absolute atomic E-state index is 0.0176. The first-order valence-electron chi connectivity index (χ1n) is 8.15. The minimum Gasteiger partial charge on any atom is -0.395 e. The van der Waals surface area contributed by atoms with Gasteiger partial charge >= 0.3 is 0 Å². The normalized spacial score (nSPS) is 11.2. The molecule has 0 bridgehead atoms. The maximum absolute atomic E-state index is 13.8. The van der Waals surface area contributed by atoms with E-state index in [0.717, 1.165) is 44.7 Å². The quantitative estimate of drug-likeness (QED) is 0.614. The van der Waals surface area contributed by atoms with E-state index in [2.05, 4.69) is 24.1 Å². The summed E-state index contributed by atoms with van der Waals surface area (Å²) in [4.78, 5) is 4.14. The van der Waals surface area contributed by atoms with Crippen LogP contribution in [0.5, 0.6) is 0 Å². The average Bonchev–Trinajstić information content (AvgIpc) is 2.52. The van der Waals surface area contributed by atoms with Gasteiger partial charge in [-0.05, 0) is 50.3 Å². The SMILES string of the molecule is CCN(CC)CCCNCc1ccc(F)c(N(C)CCO)c1. The molecule has 0 aliphatic carbocycles. The third kappa shape index (κ3) is 6.30. The summed E-state index contributed by atoms with van der Waals surface area (Å²) in [5.74, 6) is -0.249. The fourth-order valence-corrected chi connectivity index (χ4v) is 2.43. The van der Waals surface area contributed by atoms with E-state index in [9.17, 15) is 4.39 Å². The molecule has 0 aliphatic heterocycles. The smallest absolute Gasteiger partial charge is 0.146 e. The summed E-state index contributed by atoms with van der Waals surface area (Å²) in [6.45, 7) is 9.78. The highest BCUT2D eigenvalue weighted by atomic mass is 19.1. The molecule has 0 spiro atoms. The molecule has 1 aromatic carbocycles. The Labute approximate surface area is 133 Å². The Morgan fingerprint density at radius 3 is 2.55 bits per heavy atom. The van der Waals surface area contributed by atoms with E-state index in [4.69, 9.17) is 5.11 Å². The molecule has 126 valence electrons. The third-order valence-corrected chi connectivity index (χ3v) is 3.91. The zero-order valence-corrected chi connectivity index (χ0v) is 14.1. The molecule has 2 N–H and O–H groups in total. The second-order valence-corrected chi connectivity index (χ2v) is 5.49. The molecule has 0 atom stereocenters. The van der Waals surface area contributed by atoms with Crippen molar-refractivity contribution in [3.05, 3.63) is 29.6 Å². The molecular weight excluding hydrogens is 281 g/mol. The van der Waals surface area contributed by atoms with Crippen molar-refractivity contribution in [3.63, 3.8) is 0 Å². The number of halogens is 1. The van der Waals surface area contributed by atoms with Crippen molar-refractivity contribution in [1.29, 1.82) is 0 Å². The summed E-state index contributed by atoms with van der Waals surface area (Å²) in [5.41, 5.74) is 1.60. The van der Waals surface area contributed by atoms with E-state index >= 15 is 0 Å². The summed E-state index contributed by atoms with van der Waals surface area (Å²) in [7, 11) is 1.79. The molecular formula is C17H30FN3O. The van der Waals surface area contributed by atoms with Gasteiger partial charge in [0.25, 0.3) is 0 Å². The van der Waals surface area contributed by atoms with Gasteiger partial charge in [0.1, 0.15) is 5.82 Å². The van der Waals surface area contributed by atoms with Crippen molar-refractivity contribution in [2.24, 2.45) is 0 Å². The fourth-order valence-electron chi connectivity index (χ4n) is 2.43. The van der Waals surface area contributed by atoms with Crippen LogP contribution in [0.15, 0.2) is 18.2 Å². The zero-order valence-electron chi connectivity index (χ0n) is 14.1. The number of nitrogens with one attached hydrogen (secondary N) is 1. The molecule has 1 aromatic rings. The molecule has 22 heavy (non-hydrogen) atoms. The molecule has 0 saturated heterocycles. The van der Waals surface area contributed by atoms with Crippen LogP contribution in [0, 0.1) is 5.82 Å². The van der Waals surface area contributed by atoms with Crippen LogP contribution in [0.3, 0.4) is 0 Å². The van der Waals surface area contributed by atoms with E-state index < -0.39 is 0 Å². The van der Waals surface area contributed by atoms with Crippen LogP contribution in [0.25, 0.3) is 0 Å². The van der Waals surface area contributed by atoms with E-state index in [1.54, 1.807) is 11.9 Å². The van der Waals surface area contributed by atoms with Crippen LogP contribution in [-0.2, 0) is 6.54 Å². The highest BCUT2D eigenvalue weighted by Crippen LogP contribution is 2.19. The Balaban J connectivity index is 2.41. The molecule has 1 rings (SSSR count). The van der Waals surface area contributed by atoms with Crippen molar-refractivity contribution in [1.82, 2.24) is 10.2 Å². The van der Waals surface area contributed by atoms with Crippen LogP contribution in [0.2, 0.25) is 0 Å². The van der Waals surface area contributed by atoms with Crippen molar-refractivity contribution in [2.45, 2.75) is 26.8 Å². The molecule has 0 saturated carbocycles. The molecule has 0 radical (unpaired) electrons. The molecule has 0 fully saturated rings. The Bertz CT molecular complexity index is 424. The number of hydrogen-bond donors (Lipinski definition) is 2. The number of anilines is 1. The fraction of sp³-hybridized carbons (Fsp3) is 0.647. The van der Waals surface area contributed by atoms with Crippen LogP contribution >= 0.6 is 0 Å². The topological polar surface area (TPSA) is 38.7 Å². The van der Waals surface area contributed by atoms with Gasteiger partial charge in [-0.25, -0.2) is 4.39 Å². The van der Waals surface area contributed by atoms with Crippen molar-refractivity contribution < 1.29 is 9.50 Å². The summed E-state index contributed by atoms with van der Waals surface area (Å²) >= 11 is 0. The molecule has 0 unspecified atom stereocenters. The van der Waals surface area contributed by atoms with Gasteiger partial charge in [-0.3, -0.25) is 0 Å². The van der Waals surface area contributed by atoms with Gasteiger partial charge in [0.2, 0.25) is 0 Å². The lowest BCUT2D eigenvalue weighted by Gasteiger charge is -2.20. The minimum atomic E-state index is -0.249. The van der Waals surface area contributed by atoms with Crippen molar-refractivity contribution >= 4 is 5.69 Å². The van der Waals surface area contributed by atoms with E-state index in [1.165, 1.54) is 6.07 Å². The van der Waals surface area contributed by atoms with Gasteiger partial charge < -0.3 is 20.2 Å². The number of aliphatic hydroxyl groups excluding tert-OH is 1. The predicted octanol–water partition coefficient (Wildman–Crippen LogP) is 2.08. The zero-order chi connectivity index (χ0) is 16.4. The van der Waals surface area contributed by atoms with Crippen LogP contribution in [0.4, 0.5) is 10.1 Å². The van der Waals surface area contributed by atoms with E-state index in [1.807, 2.05) is 12.1 Å². The lowest BCUT2D eigenvalue weighted by atomic mass is 10.1. The predicted molar refractivity (Wildman–Crippen MR) is 90.9 cm³/mol. The van der Waals surface area contributed by atoms with Crippen LogP contribution in [0.1, 0.15) is 25.8 Å². The van der Waals surface area contributed by atoms with Gasteiger partial charge in [-0.15, -0.1) is 0 Å². The second kappa shape index (κ2) is 10.5. The lowest BCUT2D eigenvalue weighted by molar-refractivity contribution is 0.298. The Kier molecular flexibility index (Phi) is 9.04. The number of aliphatic hydroxyl groups is 1. The summed E-state index contributed by atoms with van der Waals surface area (Å²) in [6.07, 6.45) is 1.11. The molecule has 0 heterocycles. The monoisotopic (exact) mass is 311 g/mol. The van der Waals surface area contributed by atoms with Crippen molar-refractivity contribution in [2.75, 3.05) is 51.3 Å².